The molecule has 3 N–H and O–H groups in total. The smallest absolute Gasteiger partial charge is 0.340 e. The number of fused-ring (bicyclic) bond motifs is 1. The Morgan fingerprint density at radius 3 is 2.70 bits per heavy atom. The number of phenolic OH excluding ortho intramolecular Hbond substituents is 1. The minimum absolute atomic E-state index is 0.158. The molecule has 0 fully saturated rings. The molecule has 1 aliphatic heterocycles. The number of phenols is 1. The van der Waals surface area contributed by atoms with E-state index in [0.717, 1.165) is 35.8 Å². The number of aromatic amines is 1. The van der Waals surface area contributed by atoms with Gasteiger partial charge in [0.15, 0.2) is 6.10 Å². The molecule has 3 aromatic rings. The van der Waals surface area contributed by atoms with Gasteiger partial charge in [0.25, 0.3) is 5.56 Å². The quantitative estimate of drug-likeness (QED) is 0.568. The van der Waals surface area contributed by atoms with Crippen molar-refractivity contribution in [3.05, 3.63) is 56.9 Å². The number of aliphatic hydroxyl groups excluding tert-OH is 1. The van der Waals surface area contributed by atoms with Crippen molar-refractivity contribution in [2.45, 2.75) is 32.0 Å². The summed E-state index contributed by atoms with van der Waals surface area (Å²) in [6.07, 6.45) is 1.26. The second-order valence-corrected chi connectivity index (χ2v) is 6.98. The van der Waals surface area contributed by atoms with E-state index in [1.165, 1.54) is 0 Å². The van der Waals surface area contributed by atoms with E-state index in [9.17, 15) is 19.8 Å². The molecule has 1 aliphatic carbocycles. The maximum Gasteiger partial charge on any atom is 0.340 e. The number of rotatable bonds is 1. The first kappa shape index (κ1) is 16.0. The van der Waals surface area contributed by atoms with Crippen LogP contribution in [0.3, 0.4) is 0 Å². The van der Waals surface area contributed by atoms with Crippen LogP contribution in [0, 0.1) is 0 Å². The summed E-state index contributed by atoms with van der Waals surface area (Å²) in [5.41, 5.74) is 3.86. The Bertz CT molecular complexity index is 1180. The number of pyridine rings is 2. The molecule has 0 saturated carbocycles. The van der Waals surface area contributed by atoms with Gasteiger partial charge in [0.2, 0.25) is 0 Å². The Kier molecular flexibility index (Phi) is 3.35. The summed E-state index contributed by atoms with van der Waals surface area (Å²) in [5.74, 6) is -0.609. The molecule has 0 saturated heterocycles. The molecule has 5 rings (SSSR count). The standard InChI is InChI=1S/C20H16N2O5/c23-11-4-9-2-1-3-10-5-14(21-16(6-11)17(9)10)15-7-12-13(19(25)22-15)8-27-20(26)18(12)24/h4-7,18,23-24H,1-3,8H2,(H,22,25). The molecule has 2 aromatic heterocycles. The number of H-pyrrole nitrogens is 1. The van der Waals surface area contributed by atoms with E-state index in [0.29, 0.717) is 16.9 Å². The van der Waals surface area contributed by atoms with Crippen LogP contribution in [0.2, 0.25) is 0 Å². The Morgan fingerprint density at radius 2 is 1.89 bits per heavy atom. The minimum Gasteiger partial charge on any atom is -0.508 e. The zero-order chi connectivity index (χ0) is 18.7. The summed E-state index contributed by atoms with van der Waals surface area (Å²) in [7, 11) is 0. The molecule has 0 radical (unpaired) electrons. The topological polar surface area (TPSA) is 113 Å². The molecule has 7 nitrogen and oxygen atoms in total. The zero-order valence-corrected chi connectivity index (χ0v) is 14.3. The highest BCUT2D eigenvalue weighted by Crippen LogP contribution is 2.35. The lowest BCUT2D eigenvalue weighted by molar-refractivity contribution is -0.157. The molecule has 1 aromatic carbocycles. The molecule has 3 heterocycles. The van der Waals surface area contributed by atoms with Crippen LogP contribution < -0.4 is 5.56 Å². The third kappa shape index (κ3) is 2.43. The predicted molar refractivity (Wildman–Crippen MR) is 96.2 cm³/mol. The van der Waals surface area contributed by atoms with E-state index >= 15 is 0 Å². The third-order valence-electron chi connectivity index (χ3n) is 5.27. The van der Waals surface area contributed by atoms with Gasteiger partial charge in [-0.3, -0.25) is 4.79 Å². The highest BCUT2D eigenvalue weighted by molar-refractivity contribution is 5.90. The SMILES string of the molecule is O=C1OCc2c(cc(-c3cc4c5c(cc(O)cc5n3)CCC4)[nH]c2=O)C1O. The largest absolute Gasteiger partial charge is 0.508 e. The summed E-state index contributed by atoms with van der Waals surface area (Å²) in [5, 5.41) is 21.1. The molecule has 0 amide bonds. The zero-order valence-electron chi connectivity index (χ0n) is 14.3. The van der Waals surface area contributed by atoms with Gasteiger partial charge in [-0.2, -0.15) is 0 Å². The Morgan fingerprint density at radius 1 is 1.11 bits per heavy atom. The number of hydrogen-bond acceptors (Lipinski definition) is 6. The second kappa shape index (κ2) is 5.65. The van der Waals surface area contributed by atoms with Gasteiger partial charge in [-0.15, -0.1) is 0 Å². The number of aromatic hydroxyl groups is 1. The molecule has 0 bridgehead atoms. The molecule has 7 heteroatoms. The van der Waals surface area contributed by atoms with Crippen molar-refractivity contribution in [3.8, 4) is 17.1 Å². The maximum atomic E-state index is 12.4. The summed E-state index contributed by atoms with van der Waals surface area (Å²) in [6.45, 7) is -0.158. The van der Waals surface area contributed by atoms with Gasteiger partial charge >= 0.3 is 5.97 Å². The fourth-order valence-electron chi connectivity index (χ4n) is 4.02. The van der Waals surface area contributed by atoms with Crippen LogP contribution in [-0.4, -0.2) is 26.2 Å². The first-order chi connectivity index (χ1) is 13.0. The van der Waals surface area contributed by atoms with Crippen molar-refractivity contribution >= 4 is 16.9 Å². The van der Waals surface area contributed by atoms with E-state index < -0.39 is 17.6 Å². The summed E-state index contributed by atoms with van der Waals surface area (Å²) >= 11 is 0. The lowest BCUT2D eigenvalue weighted by atomic mass is 9.89. The van der Waals surface area contributed by atoms with Crippen molar-refractivity contribution in [3.63, 3.8) is 0 Å². The van der Waals surface area contributed by atoms with Crippen molar-refractivity contribution in [2.24, 2.45) is 0 Å². The summed E-state index contributed by atoms with van der Waals surface area (Å²) in [6, 6.07) is 6.89. The highest BCUT2D eigenvalue weighted by Gasteiger charge is 2.30. The first-order valence-electron chi connectivity index (χ1n) is 8.78. The van der Waals surface area contributed by atoms with E-state index in [1.54, 1.807) is 18.2 Å². The first-order valence-corrected chi connectivity index (χ1v) is 8.78. The summed E-state index contributed by atoms with van der Waals surface area (Å²) < 4.78 is 4.82. The average Bonchev–Trinajstić information content (AvgIpc) is 2.64. The minimum atomic E-state index is -1.48. The van der Waals surface area contributed by atoms with Crippen LogP contribution in [0.5, 0.6) is 5.75 Å². The van der Waals surface area contributed by atoms with E-state index in [4.69, 9.17) is 4.74 Å². The van der Waals surface area contributed by atoms with Gasteiger partial charge in [0.05, 0.1) is 22.5 Å². The number of aliphatic hydroxyl groups is 1. The van der Waals surface area contributed by atoms with Gasteiger partial charge in [-0.25, -0.2) is 9.78 Å². The predicted octanol–water partition coefficient (Wildman–Crippen LogP) is 1.87. The van der Waals surface area contributed by atoms with Gasteiger partial charge < -0.3 is 19.9 Å². The van der Waals surface area contributed by atoms with Crippen LogP contribution in [0.25, 0.3) is 22.3 Å². The Balaban J connectivity index is 1.74. The highest BCUT2D eigenvalue weighted by atomic mass is 16.5. The number of aryl methyl sites for hydroxylation is 2. The molecular formula is C20H16N2O5. The van der Waals surface area contributed by atoms with Crippen molar-refractivity contribution in [2.75, 3.05) is 0 Å². The van der Waals surface area contributed by atoms with E-state index in [1.807, 2.05) is 6.07 Å². The molecule has 2 aliphatic rings. The molecule has 27 heavy (non-hydrogen) atoms. The number of ether oxygens (including phenoxy) is 1. The van der Waals surface area contributed by atoms with Crippen molar-refractivity contribution < 1.29 is 19.7 Å². The van der Waals surface area contributed by atoms with E-state index in [2.05, 4.69) is 9.97 Å². The summed E-state index contributed by atoms with van der Waals surface area (Å²) in [4.78, 5) is 31.5. The number of esters is 1. The average molecular weight is 364 g/mol. The number of nitrogens with zero attached hydrogens (tertiary/aromatic N) is 1. The van der Waals surface area contributed by atoms with Gasteiger partial charge in [0.1, 0.15) is 12.4 Å². The maximum absolute atomic E-state index is 12.4. The Hall–Kier alpha value is -3.19. The number of benzene rings is 1. The van der Waals surface area contributed by atoms with Crippen molar-refractivity contribution in [1.29, 1.82) is 0 Å². The molecule has 0 spiro atoms. The Labute approximate surface area is 153 Å². The molecule has 136 valence electrons. The van der Waals surface area contributed by atoms with Crippen LogP contribution in [0.1, 0.15) is 34.8 Å². The number of hydrogen-bond donors (Lipinski definition) is 3. The van der Waals surface area contributed by atoms with Crippen LogP contribution >= 0.6 is 0 Å². The lowest BCUT2D eigenvalue weighted by Gasteiger charge is -2.21. The van der Waals surface area contributed by atoms with E-state index in [-0.39, 0.29) is 23.5 Å². The van der Waals surface area contributed by atoms with Crippen molar-refractivity contribution in [1.82, 2.24) is 9.97 Å². The molecule has 1 atom stereocenters. The fraction of sp³-hybridized carbons (Fsp3) is 0.250. The third-order valence-corrected chi connectivity index (χ3v) is 5.27. The van der Waals surface area contributed by atoms with Crippen LogP contribution in [-0.2, 0) is 29.0 Å². The lowest BCUT2D eigenvalue weighted by Crippen LogP contribution is -2.29. The number of nitrogens with one attached hydrogen (secondary N) is 1. The van der Waals surface area contributed by atoms with Crippen LogP contribution in [0.15, 0.2) is 29.1 Å². The number of aromatic nitrogens is 2. The fourth-order valence-corrected chi connectivity index (χ4v) is 4.02. The normalized spacial score (nSPS) is 18.3. The number of carbonyl (C=O) groups is 1. The number of carbonyl (C=O) groups excluding carboxylic acids is 1. The second-order valence-electron chi connectivity index (χ2n) is 6.98. The molecular weight excluding hydrogens is 348 g/mol. The molecule has 1 unspecified atom stereocenters. The monoisotopic (exact) mass is 364 g/mol. The van der Waals surface area contributed by atoms with Gasteiger partial charge in [-0.05, 0) is 48.6 Å². The van der Waals surface area contributed by atoms with Gasteiger partial charge in [0, 0.05) is 17.0 Å². The number of cyclic esters (lactones) is 1. The van der Waals surface area contributed by atoms with Crippen LogP contribution in [0.4, 0.5) is 0 Å². The van der Waals surface area contributed by atoms with Gasteiger partial charge in [-0.1, -0.05) is 0 Å².